The first-order valence-electron chi connectivity index (χ1n) is 13.7. The molecule has 11 nitrogen and oxygen atoms in total. The highest BCUT2D eigenvalue weighted by molar-refractivity contribution is 7.90. The van der Waals surface area contributed by atoms with Crippen LogP contribution in [0.2, 0.25) is 0 Å². The van der Waals surface area contributed by atoms with Gasteiger partial charge in [-0.1, -0.05) is 0 Å². The number of anilines is 2. The maximum absolute atomic E-state index is 12.0. The zero-order chi connectivity index (χ0) is 28.9. The van der Waals surface area contributed by atoms with Gasteiger partial charge in [-0.25, -0.2) is 18.1 Å². The number of pyridine rings is 3. The summed E-state index contributed by atoms with van der Waals surface area (Å²) in [6, 6.07) is 8.03. The highest BCUT2D eigenvalue weighted by atomic mass is 32.2. The van der Waals surface area contributed by atoms with E-state index in [0.717, 1.165) is 58.9 Å². The van der Waals surface area contributed by atoms with E-state index in [9.17, 15) is 8.42 Å². The Bertz CT molecular complexity index is 1710. The standard InChI is InChI=1S/C29H35N7O4S/c1-18-23-14-31-36(26(23)12-25(32-18)24-13-30-8-6-27(24)40-4)29-11-21(35-15-20(19(35)2)17-41(5,37)38)10-28(33-29)34-9-7-22(16-34)39-3/h6,8,10-14,19-20,22H,7,9,15-17H2,1-5H3/t19-,20-,22-/m1/s1. The van der Waals surface area contributed by atoms with Gasteiger partial charge in [0, 0.05) is 86.3 Å². The van der Waals surface area contributed by atoms with Crippen molar-refractivity contribution in [3.63, 3.8) is 0 Å². The molecule has 6 rings (SSSR count). The van der Waals surface area contributed by atoms with Crippen molar-refractivity contribution in [3.05, 3.63) is 48.5 Å². The molecule has 216 valence electrons. The summed E-state index contributed by atoms with van der Waals surface area (Å²) in [5.74, 6) is 2.50. The van der Waals surface area contributed by atoms with Gasteiger partial charge in [0.05, 0.1) is 41.9 Å². The lowest BCUT2D eigenvalue weighted by atomic mass is 9.91. The topological polar surface area (TPSA) is 116 Å². The van der Waals surface area contributed by atoms with Gasteiger partial charge < -0.3 is 19.3 Å². The number of methoxy groups -OCH3 is 2. The van der Waals surface area contributed by atoms with Crippen molar-refractivity contribution in [2.75, 3.05) is 55.7 Å². The molecule has 4 aromatic rings. The lowest BCUT2D eigenvalue weighted by Crippen LogP contribution is -2.57. The lowest BCUT2D eigenvalue weighted by molar-refractivity contribution is 0.121. The van der Waals surface area contributed by atoms with E-state index in [2.05, 4.69) is 27.8 Å². The molecule has 0 bridgehead atoms. The fraction of sp³-hybridized carbons (Fsp3) is 0.448. The van der Waals surface area contributed by atoms with Crippen LogP contribution in [0.5, 0.6) is 5.75 Å². The average molecular weight is 578 g/mol. The number of fused-ring (bicyclic) bond motifs is 1. The Morgan fingerprint density at radius 3 is 2.59 bits per heavy atom. The molecule has 0 radical (unpaired) electrons. The van der Waals surface area contributed by atoms with Gasteiger partial charge in [-0.2, -0.15) is 5.10 Å². The van der Waals surface area contributed by atoms with Gasteiger partial charge in [0.2, 0.25) is 0 Å². The summed E-state index contributed by atoms with van der Waals surface area (Å²) in [4.78, 5) is 18.7. The monoisotopic (exact) mass is 577 g/mol. The van der Waals surface area contributed by atoms with Crippen LogP contribution >= 0.6 is 0 Å². The molecule has 0 aliphatic carbocycles. The second-order valence-electron chi connectivity index (χ2n) is 11.0. The number of rotatable bonds is 8. The third kappa shape index (κ3) is 5.21. The molecule has 0 spiro atoms. The molecule has 0 saturated carbocycles. The first kappa shape index (κ1) is 27.4. The third-order valence-corrected chi connectivity index (χ3v) is 9.32. The zero-order valence-corrected chi connectivity index (χ0v) is 24.8. The summed E-state index contributed by atoms with van der Waals surface area (Å²) in [6.07, 6.45) is 7.66. The molecule has 0 amide bonds. The molecular weight excluding hydrogens is 542 g/mol. The second kappa shape index (κ2) is 10.6. The van der Waals surface area contributed by atoms with E-state index < -0.39 is 9.84 Å². The van der Waals surface area contributed by atoms with Crippen LogP contribution in [0.1, 0.15) is 19.0 Å². The minimum atomic E-state index is -3.05. The predicted molar refractivity (Wildman–Crippen MR) is 159 cm³/mol. The van der Waals surface area contributed by atoms with Gasteiger partial charge >= 0.3 is 0 Å². The number of ether oxygens (including phenoxy) is 2. The first-order chi connectivity index (χ1) is 19.6. The minimum Gasteiger partial charge on any atom is -0.496 e. The van der Waals surface area contributed by atoms with Gasteiger partial charge in [0.1, 0.15) is 21.4 Å². The van der Waals surface area contributed by atoms with E-state index in [4.69, 9.17) is 24.5 Å². The number of nitrogens with zero attached hydrogens (tertiary/aromatic N) is 7. The van der Waals surface area contributed by atoms with Gasteiger partial charge in [-0.15, -0.1) is 0 Å². The number of hydrogen-bond donors (Lipinski definition) is 0. The van der Waals surface area contributed by atoms with Crippen LogP contribution in [0, 0.1) is 12.8 Å². The third-order valence-electron chi connectivity index (χ3n) is 8.29. The molecule has 2 saturated heterocycles. The van der Waals surface area contributed by atoms with E-state index in [1.807, 2.05) is 36.0 Å². The first-order valence-corrected chi connectivity index (χ1v) is 15.8. The Morgan fingerprint density at radius 1 is 1.07 bits per heavy atom. The number of sulfone groups is 1. The van der Waals surface area contributed by atoms with Crippen LogP contribution in [0.4, 0.5) is 11.5 Å². The fourth-order valence-corrected chi connectivity index (χ4v) is 7.07. The van der Waals surface area contributed by atoms with Gasteiger partial charge in [0.25, 0.3) is 0 Å². The molecule has 0 unspecified atom stereocenters. The Balaban J connectivity index is 1.44. The van der Waals surface area contributed by atoms with E-state index in [1.165, 1.54) is 6.26 Å². The largest absolute Gasteiger partial charge is 0.496 e. The lowest BCUT2D eigenvalue weighted by Gasteiger charge is -2.48. The van der Waals surface area contributed by atoms with Crippen LogP contribution in [0.15, 0.2) is 42.9 Å². The quantitative estimate of drug-likeness (QED) is 0.309. The Labute approximate surface area is 240 Å². The maximum Gasteiger partial charge on any atom is 0.158 e. The summed E-state index contributed by atoms with van der Waals surface area (Å²) in [5, 5.41) is 5.68. The molecule has 2 aliphatic heterocycles. The molecule has 4 aromatic heterocycles. The molecule has 2 aliphatic rings. The molecule has 41 heavy (non-hydrogen) atoms. The molecular formula is C29H35N7O4S. The van der Waals surface area contributed by atoms with E-state index in [-0.39, 0.29) is 23.8 Å². The van der Waals surface area contributed by atoms with Crippen molar-refractivity contribution in [1.29, 1.82) is 0 Å². The molecule has 3 atom stereocenters. The normalized spacial score (nSPS) is 21.0. The fourth-order valence-electron chi connectivity index (χ4n) is 5.91. The number of aromatic nitrogens is 5. The minimum absolute atomic E-state index is 0.0867. The van der Waals surface area contributed by atoms with Crippen molar-refractivity contribution in [3.8, 4) is 22.8 Å². The van der Waals surface area contributed by atoms with Crippen LogP contribution in [0.25, 0.3) is 28.0 Å². The van der Waals surface area contributed by atoms with E-state index in [1.54, 1.807) is 26.6 Å². The SMILES string of the molecule is COc1ccncc1-c1cc2c(cnn2-c2cc(N3C[C@H](CS(C)(=O)=O)[C@H]3C)cc(N3CC[C@@H](OC)C3)n2)c(C)n1. The van der Waals surface area contributed by atoms with E-state index in [0.29, 0.717) is 18.1 Å². The summed E-state index contributed by atoms with van der Waals surface area (Å²) < 4.78 is 37.0. The molecule has 2 fully saturated rings. The zero-order valence-electron chi connectivity index (χ0n) is 24.0. The summed E-state index contributed by atoms with van der Waals surface area (Å²) in [7, 11) is 0.327. The molecule has 12 heteroatoms. The van der Waals surface area contributed by atoms with Crippen molar-refractivity contribution in [1.82, 2.24) is 24.7 Å². The average Bonchev–Trinajstić information content (AvgIpc) is 3.62. The van der Waals surface area contributed by atoms with Crippen molar-refractivity contribution >= 4 is 32.2 Å². The number of aryl methyl sites for hydroxylation is 1. The van der Waals surface area contributed by atoms with Gasteiger partial charge in [-0.3, -0.25) is 9.97 Å². The highest BCUT2D eigenvalue weighted by Gasteiger charge is 2.38. The second-order valence-corrected chi connectivity index (χ2v) is 13.2. The van der Waals surface area contributed by atoms with Crippen molar-refractivity contribution in [2.45, 2.75) is 32.4 Å². The summed E-state index contributed by atoms with van der Waals surface area (Å²) >= 11 is 0. The molecule has 0 aromatic carbocycles. The van der Waals surface area contributed by atoms with Crippen LogP contribution in [0.3, 0.4) is 0 Å². The Kier molecular flexibility index (Phi) is 7.06. The van der Waals surface area contributed by atoms with Crippen molar-refractivity contribution in [2.24, 2.45) is 5.92 Å². The van der Waals surface area contributed by atoms with E-state index >= 15 is 0 Å². The Morgan fingerprint density at radius 2 is 1.88 bits per heavy atom. The smallest absolute Gasteiger partial charge is 0.158 e. The van der Waals surface area contributed by atoms with Gasteiger partial charge in [-0.05, 0) is 32.4 Å². The highest BCUT2D eigenvalue weighted by Crippen LogP contribution is 2.37. The predicted octanol–water partition coefficient (Wildman–Crippen LogP) is 3.29. The van der Waals surface area contributed by atoms with Crippen LogP contribution in [-0.4, -0.2) is 91.2 Å². The number of hydrogen-bond acceptors (Lipinski definition) is 10. The molecule has 0 N–H and O–H groups in total. The van der Waals surface area contributed by atoms with Crippen molar-refractivity contribution < 1.29 is 17.9 Å². The summed E-state index contributed by atoms with van der Waals surface area (Å²) in [5.41, 5.74) is 4.24. The molecule has 6 heterocycles. The maximum atomic E-state index is 12.0. The van der Waals surface area contributed by atoms with Crippen LogP contribution in [-0.2, 0) is 14.6 Å². The summed E-state index contributed by atoms with van der Waals surface area (Å²) in [6.45, 7) is 6.32. The van der Waals surface area contributed by atoms with Gasteiger partial charge in [0.15, 0.2) is 5.82 Å². The van der Waals surface area contributed by atoms with Crippen LogP contribution < -0.4 is 14.5 Å². The Hall–Kier alpha value is -3.77.